The Labute approximate surface area is 78.9 Å². The highest BCUT2D eigenvalue weighted by Gasteiger charge is 2.17. The summed E-state index contributed by atoms with van der Waals surface area (Å²) in [5, 5.41) is 0. The lowest BCUT2D eigenvalue weighted by molar-refractivity contribution is -0.00870. The van der Waals surface area contributed by atoms with Crippen LogP contribution >= 0.6 is 0 Å². The molecule has 1 saturated carbocycles. The molecule has 0 radical (unpaired) electrons. The molecule has 2 nitrogen and oxygen atoms in total. The lowest BCUT2D eigenvalue weighted by atomic mass is 9.96. The minimum atomic E-state index is 0.522. The van der Waals surface area contributed by atoms with Crippen LogP contribution in [0.2, 0.25) is 0 Å². The van der Waals surface area contributed by atoms with Crippen LogP contribution in [0.15, 0.2) is 18.3 Å². The van der Waals surface area contributed by atoms with Gasteiger partial charge in [-0.05, 0) is 43.9 Å². The normalized spacial score (nSPS) is 17.0. The molecule has 0 aromatic carbocycles. The maximum absolute atomic E-state index is 5.69. The second-order valence-corrected chi connectivity index (χ2v) is 3.67. The fourth-order valence-electron chi connectivity index (χ4n) is 1.45. The Balaban J connectivity index is 1.86. The second-order valence-electron chi connectivity index (χ2n) is 3.67. The molecule has 1 aliphatic carbocycles. The van der Waals surface area contributed by atoms with Gasteiger partial charge in [-0.15, -0.1) is 0 Å². The molecule has 1 aromatic rings. The minimum absolute atomic E-state index is 0.522. The summed E-state index contributed by atoms with van der Waals surface area (Å²) in [5.41, 5.74) is 2.30. The number of ether oxygens (including phenoxy) is 1. The highest BCUT2D eigenvalue weighted by Crippen LogP contribution is 2.22. The highest BCUT2D eigenvalue weighted by atomic mass is 16.5. The van der Waals surface area contributed by atoms with Crippen molar-refractivity contribution in [3.8, 4) is 0 Å². The van der Waals surface area contributed by atoms with E-state index >= 15 is 0 Å². The van der Waals surface area contributed by atoms with E-state index in [2.05, 4.69) is 11.1 Å². The van der Waals surface area contributed by atoms with E-state index in [9.17, 15) is 0 Å². The monoisotopic (exact) mass is 177 g/mol. The van der Waals surface area contributed by atoms with Gasteiger partial charge in [-0.1, -0.05) is 0 Å². The first-order valence-corrected chi connectivity index (χ1v) is 4.88. The molecule has 1 aliphatic rings. The maximum Gasteiger partial charge on any atom is 0.0721 e. The van der Waals surface area contributed by atoms with Crippen molar-refractivity contribution in [2.75, 3.05) is 0 Å². The molecule has 1 aromatic heterocycles. The van der Waals surface area contributed by atoms with Gasteiger partial charge in [0.15, 0.2) is 0 Å². The zero-order chi connectivity index (χ0) is 9.10. The number of nitrogens with zero attached hydrogens (tertiary/aromatic N) is 1. The van der Waals surface area contributed by atoms with Crippen molar-refractivity contribution in [1.82, 2.24) is 4.98 Å². The number of pyridine rings is 1. The molecule has 0 unspecified atom stereocenters. The SMILES string of the molecule is Cc1cc(COC2CCC2)ccn1. The smallest absolute Gasteiger partial charge is 0.0721 e. The molecule has 2 heteroatoms. The minimum Gasteiger partial charge on any atom is -0.374 e. The average molecular weight is 177 g/mol. The summed E-state index contributed by atoms with van der Waals surface area (Å²) in [5.74, 6) is 0. The van der Waals surface area contributed by atoms with Gasteiger partial charge in [0.05, 0.1) is 12.7 Å². The van der Waals surface area contributed by atoms with E-state index in [-0.39, 0.29) is 0 Å². The van der Waals surface area contributed by atoms with Gasteiger partial charge in [0.1, 0.15) is 0 Å². The van der Waals surface area contributed by atoms with Crippen LogP contribution in [0, 0.1) is 6.92 Å². The molecule has 13 heavy (non-hydrogen) atoms. The van der Waals surface area contributed by atoms with Gasteiger partial charge in [-0.3, -0.25) is 4.98 Å². The lowest BCUT2D eigenvalue weighted by Gasteiger charge is -2.25. The Kier molecular flexibility index (Phi) is 2.60. The van der Waals surface area contributed by atoms with Crippen LogP contribution in [-0.4, -0.2) is 11.1 Å². The summed E-state index contributed by atoms with van der Waals surface area (Å²) in [7, 11) is 0. The standard InChI is InChI=1S/C11H15NO/c1-9-7-10(5-6-12-9)8-13-11-3-2-4-11/h5-7,11H,2-4,8H2,1H3. The van der Waals surface area contributed by atoms with Gasteiger partial charge in [0.25, 0.3) is 0 Å². The van der Waals surface area contributed by atoms with Crippen LogP contribution in [0.4, 0.5) is 0 Å². The predicted molar refractivity (Wildman–Crippen MR) is 51.4 cm³/mol. The zero-order valence-electron chi connectivity index (χ0n) is 7.99. The maximum atomic E-state index is 5.69. The Morgan fingerprint density at radius 1 is 1.54 bits per heavy atom. The van der Waals surface area contributed by atoms with Crippen LogP contribution in [0.25, 0.3) is 0 Å². The molecule has 0 spiro atoms. The molecule has 0 atom stereocenters. The number of hydrogen-bond donors (Lipinski definition) is 0. The van der Waals surface area contributed by atoms with Crippen molar-refractivity contribution in [2.45, 2.75) is 38.9 Å². The molecule has 70 valence electrons. The van der Waals surface area contributed by atoms with Gasteiger partial charge in [0.2, 0.25) is 0 Å². The molecule has 1 fully saturated rings. The largest absolute Gasteiger partial charge is 0.374 e. The van der Waals surface area contributed by atoms with Gasteiger partial charge in [0, 0.05) is 11.9 Å². The van der Waals surface area contributed by atoms with E-state index in [0.717, 1.165) is 12.3 Å². The van der Waals surface area contributed by atoms with E-state index in [1.54, 1.807) is 0 Å². The number of hydrogen-bond acceptors (Lipinski definition) is 2. The molecule has 0 bridgehead atoms. The van der Waals surface area contributed by atoms with Crippen molar-refractivity contribution in [2.24, 2.45) is 0 Å². The summed E-state index contributed by atoms with van der Waals surface area (Å²) in [6.45, 7) is 2.75. The highest BCUT2D eigenvalue weighted by molar-refractivity contribution is 5.14. The third-order valence-corrected chi connectivity index (χ3v) is 2.50. The van der Waals surface area contributed by atoms with Gasteiger partial charge >= 0.3 is 0 Å². The Hall–Kier alpha value is -0.890. The third-order valence-electron chi connectivity index (χ3n) is 2.50. The van der Waals surface area contributed by atoms with E-state index in [1.807, 2.05) is 19.2 Å². The number of aromatic nitrogens is 1. The van der Waals surface area contributed by atoms with Gasteiger partial charge in [-0.25, -0.2) is 0 Å². The first-order valence-electron chi connectivity index (χ1n) is 4.88. The van der Waals surface area contributed by atoms with Crippen LogP contribution in [0.1, 0.15) is 30.5 Å². The fraction of sp³-hybridized carbons (Fsp3) is 0.545. The molecular formula is C11H15NO. The summed E-state index contributed by atoms with van der Waals surface area (Å²) < 4.78 is 5.69. The van der Waals surface area contributed by atoms with E-state index in [4.69, 9.17) is 4.74 Å². The second kappa shape index (κ2) is 3.88. The Bertz CT molecular complexity index is 281. The molecular weight excluding hydrogens is 162 g/mol. The van der Waals surface area contributed by atoms with E-state index < -0.39 is 0 Å². The van der Waals surface area contributed by atoms with Crippen LogP contribution in [-0.2, 0) is 11.3 Å². The summed E-state index contributed by atoms with van der Waals surface area (Å²) in [6, 6.07) is 4.10. The first-order chi connectivity index (χ1) is 6.34. The summed E-state index contributed by atoms with van der Waals surface area (Å²) in [4.78, 5) is 4.15. The topological polar surface area (TPSA) is 22.1 Å². The van der Waals surface area contributed by atoms with Crippen molar-refractivity contribution in [1.29, 1.82) is 0 Å². The third kappa shape index (κ3) is 2.28. The van der Waals surface area contributed by atoms with Crippen molar-refractivity contribution < 1.29 is 4.74 Å². The molecule has 0 N–H and O–H groups in total. The molecule has 0 amide bonds. The lowest BCUT2D eigenvalue weighted by Crippen LogP contribution is -2.21. The Morgan fingerprint density at radius 3 is 3.00 bits per heavy atom. The Morgan fingerprint density at radius 2 is 2.38 bits per heavy atom. The quantitative estimate of drug-likeness (QED) is 0.707. The van der Waals surface area contributed by atoms with Gasteiger partial charge in [-0.2, -0.15) is 0 Å². The van der Waals surface area contributed by atoms with Crippen molar-refractivity contribution in [3.63, 3.8) is 0 Å². The van der Waals surface area contributed by atoms with E-state index in [0.29, 0.717) is 6.10 Å². The fourth-order valence-corrected chi connectivity index (χ4v) is 1.45. The number of rotatable bonds is 3. The van der Waals surface area contributed by atoms with Crippen molar-refractivity contribution in [3.05, 3.63) is 29.6 Å². The van der Waals surface area contributed by atoms with Crippen LogP contribution < -0.4 is 0 Å². The molecule has 0 aliphatic heterocycles. The molecule has 1 heterocycles. The zero-order valence-corrected chi connectivity index (χ0v) is 7.99. The average Bonchev–Trinajstić information content (AvgIpc) is 2.01. The molecule has 0 saturated heterocycles. The predicted octanol–water partition coefficient (Wildman–Crippen LogP) is 2.46. The number of aryl methyl sites for hydroxylation is 1. The summed E-state index contributed by atoms with van der Waals surface area (Å²) in [6.07, 6.45) is 6.18. The van der Waals surface area contributed by atoms with Crippen molar-refractivity contribution >= 4 is 0 Å². The van der Waals surface area contributed by atoms with Gasteiger partial charge < -0.3 is 4.74 Å². The first kappa shape index (κ1) is 8.70. The van der Waals surface area contributed by atoms with Crippen LogP contribution in [0.3, 0.4) is 0 Å². The summed E-state index contributed by atoms with van der Waals surface area (Å²) >= 11 is 0. The van der Waals surface area contributed by atoms with Crippen LogP contribution in [0.5, 0.6) is 0 Å². The molecule has 2 rings (SSSR count). The van der Waals surface area contributed by atoms with E-state index in [1.165, 1.54) is 24.8 Å².